The summed E-state index contributed by atoms with van der Waals surface area (Å²) in [4.78, 5) is 2.05. The monoisotopic (exact) mass is 303 g/mol. The molecule has 0 unspecified atom stereocenters. The molecule has 1 aromatic carbocycles. The Morgan fingerprint density at radius 2 is 2.00 bits per heavy atom. The van der Waals surface area contributed by atoms with Gasteiger partial charge in [-0.3, -0.25) is 0 Å². The van der Waals surface area contributed by atoms with Crippen LogP contribution in [0.25, 0.3) is 0 Å². The fourth-order valence-corrected chi connectivity index (χ4v) is 3.45. The number of benzene rings is 1. The van der Waals surface area contributed by atoms with E-state index in [-0.39, 0.29) is 16.1 Å². The maximum Gasteiger partial charge on any atom is 0.241 e. The number of hydrogen-bond donors (Lipinski definition) is 2. The summed E-state index contributed by atoms with van der Waals surface area (Å²) in [7, 11) is -1.78. The molecule has 0 atom stereocenters. The average Bonchev–Trinajstić information content (AvgIpc) is 2.35. The molecule has 0 heterocycles. The van der Waals surface area contributed by atoms with Crippen LogP contribution in [0.1, 0.15) is 18.1 Å². The molecule has 0 radical (unpaired) electrons. The number of aryl methyl sites for hydroxylation is 1. The molecule has 0 aliphatic heterocycles. The smallest absolute Gasteiger partial charge is 0.241 e. The zero-order valence-electron chi connectivity index (χ0n) is 12.3. The van der Waals surface area contributed by atoms with Crippen molar-refractivity contribution in [3.05, 3.63) is 23.0 Å². The van der Waals surface area contributed by atoms with E-state index in [1.54, 1.807) is 6.92 Å². The quantitative estimate of drug-likeness (QED) is 0.776. The first-order chi connectivity index (χ1) is 9.20. The highest BCUT2D eigenvalue weighted by atomic mass is 32.2. The van der Waals surface area contributed by atoms with Gasteiger partial charge in [0.15, 0.2) is 0 Å². The Balaban J connectivity index is 3.02. The third-order valence-corrected chi connectivity index (χ3v) is 5.05. The van der Waals surface area contributed by atoms with E-state index < -0.39 is 15.8 Å². The van der Waals surface area contributed by atoms with Gasteiger partial charge in [-0.05, 0) is 44.6 Å². The van der Waals surface area contributed by atoms with Crippen LogP contribution in [-0.4, -0.2) is 40.0 Å². The molecule has 0 saturated carbocycles. The lowest BCUT2D eigenvalue weighted by Gasteiger charge is -2.17. The third kappa shape index (κ3) is 3.68. The summed E-state index contributed by atoms with van der Waals surface area (Å²) in [5, 5.41) is 0. The first-order valence-corrected chi connectivity index (χ1v) is 7.92. The standard InChI is InChI=1S/C13H22FN3O2S/c1-5-17(4)7-6-16-20(18,19)13-9(2)8-11(14)12(15)10(13)3/h8,16H,5-7,15H2,1-4H3. The lowest BCUT2D eigenvalue weighted by molar-refractivity contribution is 0.358. The van der Waals surface area contributed by atoms with Gasteiger partial charge in [-0.1, -0.05) is 6.92 Å². The van der Waals surface area contributed by atoms with Gasteiger partial charge < -0.3 is 10.6 Å². The molecule has 7 heteroatoms. The van der Waals surface area contributed by atoms with Crippen LogP contribution in [0.2, 0.25) is 0 Å². The molecule has 0 aliphatic carbocycles. The van der Waals surface area contributed by atoms with Crippen molar-refractivity contribution in [2.45, 2.75) is 25.7 Å². The molecule has 0 aliphatic rings. The SMILES string of the molecule is CCN(C)CCNS(=O)(=O)c1c(C)cc(F)c(N)c1C. The van der Waals surface area contributed by atoms with Crippen molar-refractivity contribution < 1.29 is 12.8 Å². The molecule has 114 valence electrons. The van der Waals surface area contributed by atoms with Gasteiger partial charge >= 0.3 is 0 Å². The number of nitrogens with two attached hydrogens (primary N) is 1. The summed E-state index contributed by atoms with van der Waals surface area (Å²) in [5.41, 5.74) is 6.05. The minimum atomic E-state index is -3.69. The lowest BCUT2D eigenvalue weighted by Crippen LogP contribution is -2.33. The molecule has 0 fully saturated rings. The highest BCUT2D eigenvalue weighted by molar-refractivity contribution is 7.89. The zero-order chi connectivity index (χ0) is 15.5. The normalized spacial score (nSPS) is 12.1. The van der Waals surface area contributed by atoms with Gasteiger partial charge in [0.05, 0.1) is 10.6 Å². The van der Waals surface area contributed by atoms with Gasteiger partial charge in [-0.15, -0.1) is 0 Å². The van der Waals surface area contributed by atoms with Crippen LogP contribution in [0, 0.1) is 19.7 Å². The van der Waals surface area contributed by atoms with Gasteiger partial charge in [-0.2, -0.15) is 0 Å². The van der Waals surface area contributed by atoms with Crippen molar-refractivity contribution in [2.24, 2.45) is 0 Å². The number of hydrogen-bond acceptors (Lipinski definition) is 4. The molecule has 0 bridgehead atoms. The Hall–Kier alpha value is -1.18. The first kappa shape index (κ1) is 16.9. The number of halogens is 1. The van der Waals surface area contributed by atoms with E-state index in [1.165, 1.54) is 6.92 Å². The van der Waals surface area contributed by atoms with E-state index in [4.69, 9.17) is 5.73 Å². The molecular weight excluding hydrogens is 281 g/mol. The van der Waals surface area contributed by atoms with Crippen LogP contribution < -0.4 is 10.5 Å². The van der Waals surface area contributed by atoms with Crippen molar-refractivity contribution >= 4 is 15.7 Å². The Bertz CT molecular complexity index is 588. The Kier molecular flexibility index (Phi) is 5.50. The molecule has 3 N–H and O–H groups in total. The van der Waals surface area contributed by atoms with Crippen molar-refractivity contribution in [3.8, 4) is 0 Å². The van der Waals surface area contributed by atoms with E-state index in [1.807, 2.05) is 18.9 Å². The van der Waals surface area contributed by atoms with Crippen LogP contribution in [-0.2, 0) is 10.0 Å². The van der Waals surface area contributed by atoms with Crippen LogP contribution in [0.15, 0.2) is 11.0 Å². The maximum absolute atomic E-state index is 13.5. The fourth-order valence-electron chi connectivity index (χ4n) is 1.95. The van der Waals surface area contributed by atoms with Crippen molar-refractivity contribution in [1.82, 2.24) is 9.62 Å². The number of nitrogens with one attached hydrogen (secondary N) is 1. The van der Waals surface area contributed by atoms with Crippen molar-refractivity contribution in [3.63, 3.8) is 0 Å². The third-order valence-electron chi connectivity index (χ3n) is 3.30. The first-order valence-electron chi connectivity index (χ1n) is 6.44. The van der Waals surface area contributed by atoms with Crippen LogP contribution >= 0.6 is 0 Å². The van der Waals surface area contributed by atoms with E-state index in [2.05, 4.69) is 4.72 Å². The van der Waals surface area contributed by atoms with Crippen molar-refractivity contribution in [2.75, 3.05) is 32.4 Å². The Morgan fingerprint density at radius 3 is 2.55 bits per heavy atom. The highest BCUT2D eigenvalue weighted by Gasteiger charge is 2.22. The van der Waals surface area contributed by atoms with E-state index in [0.29, 0.717) is 18.7 Å². The number of nitrogens with zero attached hydrogens (tertiary/aromatic N) is 1. The minimum Gasteiger partial charge on any atom is -0.396 e. The number of sulfonamides is 1. The molecule has 1 aromatic rings. The summed E-state index contributed by atoms with van der Waals surface area (Å²) in [6.07, 6.45) is 0. The van der Waals surface area contributed by atoms with Gasteiger partial charge in [0.1, 0.15) is 5.82 Å². The van der Waals surface area contributed by atoms with Gasteiger partial charge in [0, 0.05) is 13.1 Å². The predicted octanol–water partition coefficient (Wildman–Crippen LogP) is 1.25. The Morgan fingerprint density at radius 1 is 1.40 bits per heavy atom. The molecule has 5 nitrogen and oxygen atoms in total. The molecule has 20 heavy (non-hydrogen) atoms. The van der Waals surface area contributed by atoms with Crippen LogP contribution in [0.3, 0.4) is 0 Å². The summed E-state index contributed by atoms with van der Waals surface area (Å²) in [6, 6.07) is 1.15. The van der Waals surface area contributed by atoms with Gasteiger partial charge in [-0.25, -0.2) is 17.5 Å². The molecular formula is C13H22FN3O2S. The van der Waals surface area contributed by atoms with Gasteiger partial charge in [0.25, 0.3) is 0 Å². The topological polar surface area (TPSA) is 75.4 Å². The second kappa shape index (κ2) is 6.51. The molecule has 0 saturated heterocycles. The molecule has 0 aromatic heterocycles. The van der Waals surface area contributed by atoms with Crippen LogP contribution in [0.5, 0.6) is 0 Å². The number of anilines is 1. The van der Waals surface area contributed by atoms with Crippen LogP contribution in [0.4, 0.5) is 10.1 Å². The number of likely N-dealkylation sites (N-methyl/N-ethyl adjacent to an activating group) is 1. The largest absolute Gasteiger partial charge is 0.396 e. The molecule has 0 amide bonds. The average molecular weight is 303 g/mol. The predicted molar refractivity (Wildman–Crippen MR) is 78.6 cm³/mol. The Labute approximate surface area is 120 Å². The van der Waals surface area contributed by atoms with Gasteiger partial charge in [0.2, 0.25) is 10.0 Å². The maximum atomic E-state index is 13.5. The molecule has 0 spiro atoms. The summed E-state index contributed by atoms with van der Waals surface area (Å²) in [6.45, 7) is 6.79. The highest BCUT2D eigenvalue weighted by Crippen LogP contribution is 2.27. The number of nitrogen functional groups attached to an aromatic ring is 1. The minimum absolute atomic E-state index is 0.0653. The second-order valence-corrected chi connectivity index (χ2v) is 6.54. The summed E-state index contributed by atoms with van der Waals surface area (Å²) >= 11 is 0. The zero-order valence-corrected chi connectivity index (χ0v) is 13.1. The van der Waals surface area contributed by atoms with E-state index in [9.17, 15) is 12.8 Å². The van der Waals surface area contributed by atoms with E-state index >= 15 is 0 Å². The lowest BCUT2D eigenvalue weighted by atomic mass is 10.1. The summed E-state index contributed by atoms with van der Waals surface area (Å²) in [5.74, 6) is -0.593. The number of rotatable bonds is 6. The fraction of sp³-hybridized carbons (Fsp3) is 0.538. The van der Waals surface area contributed by atoms with Crippen molar-refractivity contribution in [1.29, 1.82) is 0 Å². The second-order valence-electron chi connectivity index (χ2n) is 4.84. The summed E-state index contributed by atoms with van der Waals surface area (Å²) < 4.78 is 40.6. The molecule has 1 rings (SSSR count). The van der Waals surface area contributed by atoms with E-state index in [0.717, 1.165) is 12.6 Å².